The zero-order chi connectivity index (χ0) is 19.9. The highest BCUT2D eigenvalue weighted by Gasteiger charge is 2.47. The number of halogens is 1. The van der Waals surface area contributed by atoms with Gasteiger partial charge in [0.15, 0.2) is 0 Å². The zero-order valence-corrected chi connectivity index (χ0v) is 19.3. The third-order valence-corrected chi connectivity index (χ3v) is 8.97. The van der Waals surface area contributed by atoms with E-state index in [4.69, 9.17) is 0 Å². The fraction of sp³-hybridized carbons (Fsp3) is 0.429. The van der Waals surface area contributed by atoms with Gasteiger partial charge >= 0.3 is 0 Å². The number of fused-ring (bicyclic) bond motifs is 1. The molecule has 0 saturated carbocycles. The molecule has 0 unspecified atom stereocenters. The highest BCUT2D eigenvalue weighted by Crippen LogP contribution is 2.43. The Hall–Kier alpha value is -1.16. The molecule has 0 aromatic heterocycles. The second kappa shape index (κ2) is 7.59. The van der Waals surface area contributed by atoms with Gasteiger partial charge in [0.05, 0.1) is 16.1 Å². The molecule has 2 aromatic rings. The summed E-state index contributed by atoms with van der Waals surface area (Å²) in [5, 5.41) is 0. The summed E-state index contributed by atoms with van der Waals surface area (Å²) in [4.78, 5) is 5.26. The second-order valence-electron chi connectivity index (χ2n) is 7.91. The van der Waals surface area contributed by atoms with Crippen molar-refractivity contribution in [3.8, 4) is 0 Å². The van der Waals surface area contributed by atoms with Crippen LogP contribution in [0.4, 0.5) is 5.69 Å². The van der Waals surface area contributed by atoms with Gasteiger partial charge in [0.25, 0.3) is 0 Å². The van der Waals surface area contributed by atoms with Crippen LogP contribution in [-0.4, -0.2) is 56.9 Å². The van der Waals surface area contributed by atoms with Crippen LogP contribution >= 0.6 is 22.6 Å². The Balaban J connectivity index is 1.40. The lowest BCUT2D eigenvalue weighted by atomic mass is 9.94. The molecule has 7 heteroatoms. The molecule has 2 heterocycles. The first kappa shape index (κ1) is 20.1. The van der Waals surface area contributed by atoms with E-state index in [2.05, 4.69) is 56.7 Å². The summed E-state index contributed by atoms with van der Waals surface area (Å²) in [5.41, 5.74) is 1.69. The number of benzene rings is 2. The van der Waals surface area contributed by atoms with Gasteiger partial charge in [0, 0.05) is 42.8 Å². The normalized spacial score (nSPS) is 21.6. The SMILES string of the molecule is CC1(C)c2ccccc2S(=O)(=O)N1CCN1CCN(c2ccccc2I)CC1. The highest BCUT2D eigenvalue weighted by atomic mass is 127. The molecule has 2 aliphatic rings. The van der Waals surface area contributed by atoms with Crippen LogP contribution in [-0.2, 0) is 15.6 Å². The van der Waals surface area contributed by atoms with Crippen molar-refractivity contribution in [2.24, 2.45) is 0 Å². The first-order valence-corrected chi connectivity index (χ1v) is 12.2. The van der Waals surface area contributed by atoms with Gasteiger partial charge in [0.2, 0.25) is 10.0 Å². The Morgan fingerprint density at radius 2 is 1.57 bits per heavy atom. The zero-order valence-electron chi connectivity index (χ0n) is 16.3. The maximum atomic E-state index is 13.0. The lowest BCUT2D eigenvalue weighted by Crippen LogP contribution is -2.50. The predicted molar refractivity (Wildman–Crippen MR) is 121 cm³/mol. The molecule has 0 bridgehead atoms. The fourth-order valence-corrected chi connectivity index (χ4v) is 7.14. The number of anilines is 1. The topological polar surface area (TPSA) is 43.9 Å². The first-order chi connectivity index (χ1) is 13.3. The Morgan fingerprint density at radius 1 is 0.929 bits per heavy atom. The molecule has 0 N–H and O–H groups in total. The summed E-state index contributed by atoms with van der Waals surface area (Å²) in [6.45, 7) is 9.13. The van der Waals surface area contributed by atoms with Crippen LogP contribution in [0, 0.1) is 3.57 Å². The molecule has 150 valence electrons. The van der Waals surface area contributed by atoms with E-state index in [0.29, 0.717) is 11.4 Å². The number of para-hydroxylation sites is 1. The summed E-state index contributed by atoms with van der Waals surface area (Å²) < 4.78 is 29.0. The second-order valence-corrected chi connectivity index (χ2v) is 10.9. The van der Waals surface area contributed by atoms with E-state index in [9.17, 15) is 8.42 Å². The van der Waals surface area contributed by atoms with E-state index in [-0.39, 0.29) is 0 Å². The Labute approximate surface area is 181 Å². The molecule has 0 radical (unpaired) electrons. The predicted octanol–water partition coefficient (Wildman–Crippen LogP) is 3.35. The highest BCUT2D eigenvalue weighted by molar-refractivity contribution is 14.1. The van der Waals surface area contributed by atoms with Crippen molar-refractivity contribution in [1.29, 1.82) is 0 Å². The van der Waals surface area contributed by atoms with Crippen LogP contribution in [0.15, 0.2) is 53.4 Å². The molecule has 1 saturated heterocycles. The van der Waals surface area contributed by atoms with Gasteiger partial charge in [-0.2, -0.15) is 4.31 Å². The van der Waals surface area contributed by atoms with Crippen LogP contribution in [0.1, 0.15) is 19.4 Å². The molecule has 0 amide bonds. The third kappa shape index (κ3) is 3.46. The first-order valence-electron chi connectivity index (χ1n) is 9.66. The number of sulfonamides is 1. The van der Waals surface area contributed by atoms with Gasteiger partial charge in [-0.05, 0) is 60.2 Å². The van der Waals surface area contributed by atoms with Gasteiger partial charge in [0.1, 0.15) is 0 Å². The number of piperazine rings is 1. The van der Waals surface area contributed by atoms with Crippen molar-refractivity contribution < 1.29 is 8.42 Å². The quantitative estimate of drug-likeness (QED) is 0.591. The Bertz CT molecular complexity index is 969. The minimum atomic E-state index is -3.42. The van der Waals surface area contributed by atoms with Crippen LogP contribution < -0.4 is 4.90 Å². The Kier molecular flexibility index (Phi) is 5.45. The molecule has 0 atom stereocenters. The lowest BCUT2D eigenvalue weighted by Gasteiger charge is -2.38. The largest absolute Gasteiger partial charge is 0.368 e. The summed E-state index contributed by atoms with van der Waals surface area (Å²) in [7, 11) is -3.42. The molecule has 28 heavy (non-hydrogen) atoms. The fourth-order valence-electron chi connectivity index (χ4n) is 4.30. The van der Waals surface area contributed by atoms with Crippen molar-refractivity contribution in [2.45, 2.75) is 24.3 Å². The standard InChI is InChI=1S/C21H26IN3O2S/c1-21(2)17-7-3-6-10-20(17)28(26,27)25(21)16-13-23-11-14-24(15-12-23)19-9-5-4-8-18(19)22/h3-10H,11-16H2,1-2H3. The van der Waals surface area contributed by atoms with Crippen LogP contribution in [0.3, 0.4) is 0 Å². The van der Waals surface area contributed by atoms with E-state index in [1.54, 1.807) is 16.4 Å². The van der Waals surface area contributed by atoms with Gasteiger partial charge in [-0.3, -0.25) is 4.90 Å². The van der Waals surface area contributed by atoms with Crippen LogP contribution in [0.5, 0.6) is 0 Å². The van der Waals surface area contributed by atoms with E-state index < -0.39 is 15.6 Å². The monoisotopic (exact) mass is 511 g/mol. The van der Waals surface area contributed by atoms with Crippen molar-refractivity contribution in [2.75, 3.05) is 44.2 Å². The van der Waals surface area contributed by atoms with Crippen molar-refractivity contribution in [3.05, 3.63) is 57.7 Å². The average Bonchev–Trinajstić information content (AvgIpc) is 2.84. The van der Waals surface area contributed by atoms with Crippen molar-refractivity contribution in [3.63, 3.8) is 0 Å². The molecular weight excluding hydrogens is 485 g/mol. The molecular formula is C21H26IN3O2S. The average molecular weight is 511 g/mol. The van der Waals surface area contributed by atoms with Crippen LogP contribution in [0.25, 0.3) is 0 Å². The van der Waals surface area contributed by atoms with Gasteiger partial charge in [-0.15, -0.1) is 0 Å². The molecule has 0 aliphatic carbocycles. The summed E-state index contributed by atoms with van der Waals surface area (Å²) in [5.74, 6) is 0. The minimum absolute atomic E-state index is 0.462. The molecule has 5 nitrogen and oxygen atoms in total. The third-order valence-electron chi connectivity index (χ3n) is 5.92. The molecule has 1 fully saturated rings. The molecule has 0 spiro atoms. The van der Waals surface area contributed by atoms with E-state index >= 15 is 0 Å². The summed E-state index contributed by atoms with van der Waals surface area (Å²) >= 11 is 2.39. The maximum Gasteiger partial charge on any atom is 0.244 e. The summed E-state index contributed by atoms with van der Waals surface area (Å²) in [6, 6.07) is 15.9. The Morgan fingerprint density at radius 3 is 2.25 bits per heavy atom. The van der Waals surface area contributed by atoms with E-state index in [1.807, 2.05) is 26.0 Å². The van der Waals surface area contributed by atoms with Crippen LogP contribution in [0.2, 0.25) is 0 Å². The summed E-state index contributed by atoms with van der Waals surface area (Å²) in [6.07, 6.45) is 0. The minimum Gasteiger partial charge on any atom is -0.368 e. The number of rotatable bonds is 4. The lowest BCUT2D eigenvalue weighted by molar-refractivity contribution is 0.189. The molecule has 2 aliphatic heterocycles. The van der Waals surface area contributed by atoms with Gasteiger partial charge in [-0.25, -0.2) is 8.42 Å². The number of hydrogen-bond acceptors (Lipinski definition) is 4. The van der Waals surface area contributed by atoms with E-state index in [1.165, 1.54) is 9.26 Å². The van der Waals surface area contributed by atoms with Gasteiger partial charge < -0.3 is 4.90 Å². The number of nitrogens with zero attached hydrogens (tertiary/aromatic N) is 3. The van der Waals surface area contributed by atoms with Crippen molar-refractivity contribution >= 4 is 38.3 Å². The van der Waals surface area contributed by atoms with E-state index in [0.717, 1.165) is 38.3 Å². The smallest absolute Gasteiger partial charge is 0.244 e. The van der Waals surface area contributed by atoms with Gasteiger partial charge in [-0.1, -0.05) is 30.3 Å². The van der Waals surface area contributed by atoms with Crippen molar-refractivity contribution in [1.82, 2.24) is 9.21 Å². The molecule has 2 aromatic carbocycles. The maximum absolute atomic E-state index is 13.0. The molecule has 4 rings (SSSR count). The number of hydrogen-bond donors (Lipinski definition) is 0.